The summed E-state index contributed by atoms with van der Waals surface area (Å²) in [7, 11) is 0. The van der Waals surface area contributed by atoms with Crippen molar-refractivity contribution in [1.82, 2.24) is 25.2 Å². The van der Waals surface area contributed by atoms with Crippen LogP contribution in [0.5, 0.6) is 0 Å². The molecule has 6 rings (SSSR count). The number of carbonyl (C=O) groups is 1. The second-order valence-corrected chi connectivity index (χ2v) is 11.4. The Morgan fingerprint density at radius 2 is 1.81 bits per heavy atom. The van der Waals surface area contributed by atoms with Crippen LogP contribution >= 0.6 is 0 Å². The Kier molecular flexibility index (Phi) is 6.60. The van der Waals surface area contributed by atoms with Crippen molar-refractivity contribution in [1.29, 1.82) is 5.26 Å². The Morgan fingerprint density at radius 3 is 2.49 bits per heavy atom. The van der Waals surface area contributed by atoms with E-state index in [-0.39, 0.29) is 23.0 Å². The van der Waals surface area contributed by atoms with Gasteiger partial charge in [0.1, 0.15) is 11.8 Å². The molecule has 1 amide bonds. The maximum absolute atomic E-state index is 13.1. The predicted molar refractivity (Wildman–Crippen MR) is 143 cm³/mol. The van der Waals surface area contributed by atoms with Crippen LogP contribution in [-0.4, -0.2) is 51.9 Å². The molecule has 0 atom stereocenters. The van der Waals surface area contributed by atoms with Crippen LogP contribution in [0.3, 0.4) is 0 Å². The third kappa shape index (κ3) is 4.60. The highest BCUT2D eigenvalue weighted by atomic mass is 16.2. The van der Waals surface area contributed by atoms with E-state index >= 15 is 0 Å². The summed E-state index contributed by atoms with van der Waals surface area (Å²) in [6, 6.07) is 6.18. The number of pyridine rings is 1. The standard InChI is InChI=1S/C29H37N7O/c30-19-22-20-32-26(33-22)27(37)34-23-5-6-24(29(11-3-4-12-29)36-17-15-31-16-18-36)35-25(23)21-7-13-28(14-8-21)9-1-2-10-28/h5-7,20,31H,1-4,8-18H2,(H,32,33)(H,34,37). The SMILES string of the molecule is N#Cc1cnc(C(=O)Nc2ccc(C3(N4CCNCC4)CCCC3)nc2C2=CCC3(CCCC3)CC2)[nH]1. The van der Waals surface area contributed by atoms with Gasteiger partial charge in [0.15, 0.2) is 5.82 Å². The van der Waals surface area contributed by atoms with Crippen LogP contribution in [-0.2, 0) is 5.54 Å². The molecule has 3 N–H and O–H groups in total. The maximum atomic E-state index is 13.1. The monoisotopic (exact) mass is 499 g/mol. The van der Waals surface area contributed by atoms with Gasteiger partial charge < -0.3 is 15.6 Å². The van der Waals surface area contributed by atoms with Gasteiger partial charge in [-0.1, -0.05) is 31.8 Å². The molecule has 8 heteroatoms. The quantitative estimate of drug-likeness (QED) is 0.549. The van der Waals surface area contributed by atoms with Gasteiger partial charge in [0.05, 0.1) is 28.8 Å². The van der Waals surface area contributed by atoms with E-state index in [4.69, 9.17) is 10.2 Å². The lowest BCUT2D eigenvalue weighted by Crippen LogP contribution is -2.53. The van der Waals surface area contributed by atoms with Gasteiger partial charge in [-0.3, -0.25) is 9.69 Å². The second-order valence-electron chi connectivity index (χ2n) is 11.4. The molecule has 3 fully saturated rings. The molecule has 2 aromatic rings. The third-order valence-electron chi connectivity index (χ3n) is 9.36. The van der Waals surface area contributed by atoms with Gasteiger partial charge in [0, 0.05) is 26.2 Å². The zero-order valence-corrected chi connectivity index (χ0v) is 21.6. The average molecular weight is 500 g/mol. The van der Waals surface area contributed by atoms with Crippen molar-refractivity contribution in [3.05, 3.63) is 47.3 Å². The normalized spacial score (nSPS) is 23.1. The Balaban J connectivity index is 1.36. The molecule has 3 heterocycles. The number of H-pyrrole nitrogens is 1. The third-order valence-corrected chi connectivity index (χ3v) is 9.36. The molecule has 0 radical (unpaired) electrons. The molecule has 8 nitrogen and oxygen atoms in total. The van der Waals surface area contributed by atoms with E-state index in [0.717, 1.165) is 68.9 Å². The highest BCUT2D eigenvalue weighted by molar-refractivity contribution is 6.03. The fourth-order valence-corrected chi connectivity index (χ4v) is 7.26. The first kappa shape index (κ1) is 24.3. The summed E-state index contributed by atoms with van der Waals surface area (Å²) in [5, 5.41) is 15.7. The number of hydrogen-bond acceptors (Lipinski definition) is 6. The van der Waals surface area contributed by atoms with Gasteiger partial charge >= 0.3 is 0 Å². The van der Waals surface area contributed by atoms with Gasteiger partial charge in [-0.25, -0.2) is 9.97 Å². The van der Waals surface area contributed by atoms with E-state index in [0.29, 0.717) is 5.41 Å². The molecule has 0 aromatic carbocycles. The first-order chi connectivity index (χ1) is 18.1. The van der Waals surface area contributed by atoms with Crippen molar-refractivity contribution in [2.24, 2.45) is 5.41 Å². The lowest BCUT2D eigenvalue weighted by atomic mass is 9.73. The summed E-state index contributed by atoms with van der Waals surface area (Å²) in [6.45, 7) is 4.12. The summed E-state index contributed by atoms with van der Waals surface area (Å²) >= 11 is 0. The molecule has 1 saturated heterocycles. The first-order valence-corrected chi connectivity index (χ1v) is 14.0. The number of imidazole rings is 1. The van der Waals surface area contributed by atoms with Crippen LogP contribution in [0.25, 0.3) is 5.57 Å². The summed E-state index contributed by atoms with van der Waals surface area (Å²) < 4.78 is 0. The largest absolute Gasteiger partial charge is 0.326 e. The molecule has 1 spiro atoms. The highest BCUT2D eigenvalue weighted by Gasteiger charge is 2.43. The number of hydrogen-bond donors (Lipinski definition) is 3. The van der Waals surface area contributed by atoms with E-state index in [2.05, 4.69) is 37.6 Å². The molecule has 194 valence electrons. The van der Waals surface area contributed by atoms with Crippen LogP contribution in [0.15, 0.2) is 24.4 Å². The molecule has 1 aliphatic heterocycles. The number of aromatic nitrogens is 3. The molecule has 2 aromatic heterocycles. The molecular weight excluding hydrogens is 462 g/mol. The minimum absolute atomic E-state index is 0.0238. The number of allylic oxidation sites excluding steroid dienone is 2. The van der Waals surface area contributed by atoms with Gasteiger partial charge in [-0.05, 0) is 68.1 Å². The number of rotatable bonds is 5. The van der Waals surface area contributed by atoms with Crippen molar-refractivity contribution < 1.29 is 4.79 Å². The van der Waals surface area contributed by atoms with Crippen LogP contribution in [0.2, 0.25) is 0 Å². The second kappa shape index (κ2) is 10.0. The lowest BCUT2D eigenvalue weighted by Gasteiger charge is -2.43. The van der Waals surface area contributed by atoms with Crippen molar-refractivity contribution >= 4 is 17.2 Å². The topological polar surface area (TPSA) is 110 Å². The van der Waals surface area contributed by atoms with Crippen molar-refractivity contribution in [2.75, 3.05) is 31.5 Å². The van der Waals surface area contributed by atoms with Crippen LogP contribution < -0.4 is 10.6 Å². The number of anilines is 1. The van der Waals surface area contributed by atoms with Crippen molar-refractivity contribution in [3.63, 3.8) is 0 Å². The number of nitrogens with one attached hydrogen (secondary N) is 3. The van der Waals surface area contributed by atoms with Gasteiger partial charge in [0.2, 0.25) is 0 Å². The highest BCUT2D eigenvalue weighted by Crippen LogP contribution is 2.50. The van der Waals surface area contributed by atoms with E-state index in [1.54, 1.807) is 0 Å². The van der Waals surface area contributed by atoms with Gasteiger partial charge in [-0.2, -0.15) is 5.26 Å². The zero-order chi connectivity index (χ0) is 25.3. The molecule has 4 aliphatic rings. The fourth-order valence-electron chi connectivity index (χ4n) is 7.26. The van der Waals surface area contributed by atoms with E-state index < -0.39 is 0 Å². The molecular formula is C29H37N7O. The predicted octanol–water partition coefficient (Wildman–Crippen LogP) is 4.73. The number of nitriles is 1. The lowest BCUT2D eigenvalue weighted by molar-refractivity contribution is 0.0720. The van der Waals surface area contributed by atoms with E-state index in [9.17, 15) is 4.79 Å². The molecule has 0 bridgehead atoms. The molecule has 3 aliphatic carbocycles. The maximum Gasteiger partial charge on any atom is 0.291 e. The van der Waals surface area contributed by atoms with Gasteiger partial charge in [-0.15, -0.1) is 0 Å². The number of carbonyl (C=O) groups excluding carboxylic acids is 1. The number of nitrogens with zero attached hydrogens (tertiary/aromatic N) is 4. The molecule has 0 unspecified atom stereocenters. The zero-order valence-electron chi connectivity index (χ0n) is 21.6. The minimum Gasteiger partial charge on any atom is -0.326 e. The van der Waals surface area contributed by atoms with Crippen molar-refractivity contribution in [2.45, 2.75) is 76.2 Å². The average Bonchev–Trinajstić information content (AvgIpc) is 3.72. The Morgan fingerprint density at radius 1 is 1.05 bits per heavy atom. The van der Waals surface area contributed by atoms with Gasteiger partial charge in [0.25, 0.3) is 5.91 Å². The summed E-state index contributed by atoms with van der Waals surface area (Å²) in [5.41, 5.74) is 4.75. The van der Waals surface area contributed by atoms with E-state index in [1.807, 2.05) is 12.1 Å². The molecule has 37 heavy (non-hydrogen) atoms. The first-order valence-electron chi connectivity index (χ1n) is 14.0. The Bertz CT molecular complexity index is 1220. The number of piperazine rings is 1. The minimum atomic E-state index is -0.348. The number of aromatic amines is 1. The van der Waals surface area contributed by atoms with Crippen molar-refractivity contribution in [3.8, 4) is 6.07 Å². The Hall–Kier alpha value is -3.02. The van der Waals surface area contributed by atoms with Crippen LogP contribution in [0, 0.1) is 16.7 Å². The smallest absolute Gasteiger partial charge is 0.291 e. The summed E-state index contributed by atoms with van der Waals surface area (Å²) in [4.78, 5) is 28.0. The summed E-state index contributed by atoms with van der Waals surface area (Å²) in [5.74, 6) is -0.208. The Labute approximate surface area is 219 Å². The van der Waals surface area contributed by atoms with Crippen LogP contribution in [0.4, 0.5) is 5.69 Å². The van der Waals surface area contributed by atoms with E-state index in [1.165, 1.54) is 56.7 Å². The summed E-state index contributed by atoms with van der Waals surface area (Å²) in [6.07, 6.45) is 17.2. The fraction of sp³-hybridized carbons (Fsp3) is 0.586. The van der Waals surface area contributed by atoms with Crippen LogP contribution in [0.1, 0.15) is 98.3 Å². The number of amides is 1. The molecule has 2 saturated carbocycles.